The van der Waals surface area contributed by atoms with Gasteiger partial charge < -0.3 is 16.2 Å². The van der Waals surface area contributed by atoms with Crippen LogP contribution in [0.2, 0.25) is 0 Å². The van der Waals surface area contributed by atoms with Crippen molar-refractivity contribution in [2.75, 3.05) is 18.5 Å². The number of aliphatic hydroxyl groups excluding tert-OH is 1. The van der Waals surface area contributed by atoms with Crippen LogP contribution < -0.4 is 11.1 Å². The molecule has 0 fully saturated rings. The van der Waals surface area contributed by atoms with Crippen LogP contribution in [0.15, 0.2) is 24.5 Å². The van der Waals surface area contributed by atoms with Crippen molar-refractivity contribution in [3.63, 3.8) is 0 Å². The first-order chi connectivity index (χ1) is 5.83. The second-order valence-electron chi connectivity index (χ2n) is 2.56. The van der Waals surface area contributed by atoms with E-state index in [-0.39, 0.29) is 12.6 Å². The van der Waals surface area contributed by atoms with Crippen molar-refractivity contribution in [2.45, 2.75) is 6.04 Å². The average Bonchev–Trinajstić information content (AvgIpc) is 2.16. The van der Waals surface area contributed by atoms with Crippen LogP contribution in [0.1, 0.15) is 0 Å². The van der Waals surface area contributed by atoms with Gasteiger partial charge in [-0.05, 0) is 12.1 Å². The fraction of sp³-hybridized carbons (Fsp3) is 0.375. The Morgan fingerprint density at radius 2 is 2.17 bits per heavy atom. The summed E-state index contributed by atoms with van der Waals surface area (Å²) in [6, 6.07) is 3.49. The third kappa shape index (κ3) is 2.86. The Labute approximate surface area is 71.4 Å². The molecule has 1 unspecified atom stereocenters. The highest BCUT2D eigenvalue weighted by molar-refractivity contribution is 5.40. The average molecular weight is 167 g/mol. The van der Waals surface area contributed by atoms with E-state index in [2.05, 4.69) is 10.3 Å². The van der Waals surface area contributed by atoms with Crippen LogP contribution in [0.5, 0.6) is 0 Å². The molecule has 1 aromatic heterocycles. The molecule has 0 aliphatic rings. The zero-order chi connectivity index (χ0) is 8.81. The van der Waals surface area contributed by atoms with Crippen LogP contribution in [0.3, 0.4) is 0 Å². The maximum atomic E-state index is 8.64. The Hall–Kier alpha value is -1.13. The van der Waals surface area contributed by atoms with Gasteiger partial charge in [0.1, 0.15) is 0 Å². The molecule has 4 N–H and O–H groups in total. The van der Waals surface area contributed by atoms with Gasteiger partial charge in [0.2, 0.25) is 0 Å². The molecular formula is C8H13N3O. The molecule has 0 saturated heterocycles. The second-order valence-corrected chi connectivity index (χ2v) is 2.56. The molecule has 0 aliphatic heterocycles. The van der Waals surface area contributed by atoms with Crippen molar-refractivity contribution in [1.82, 2.24) is 4.98 Å². The molecule has 0 saturated carbocycles. The molecule has 0 bridgehead atoms. The summed E-state index contributed by atoms with van der Waals surface area (Å²) in [7, 11) is 0. The van der Waals surface area contributed by atoms with Gasteiger partial charge in [-0.2, -0.15) is 0 Å². The fourth-order valence-electron chi connectivity index (χ4n) is 0.783. The van der Waals surface area contributed by atoms with Gasteiger partial charge in [0.05, 0.1) is 6.61 Å². The number of nitrogens with two attached hydrogens (primary N) is 1. The SMILES string of the molecule is NC(CO)CNc1ccncc1. The summed E-state index contributed by atoms with van der Waals surface area (Å²) in [5.74, 6) is 0. The molecule has 0 amide bonds. The van der Waals surface area contributed by atoms with Gasteiger partial charge in [-0.1, -0.05) is 0 Å². The number of pyridine rings is 1. The van der Waals surface area contributed by atoms with Crippen LogP contribution in [-0.2, 0) is 0 Å². The maximum absolute atomic E-state index is 8.64. The Bertz CT molecular complexity index is 215. The Balaban J connectivity index is 2.33. The van der Waals surface area contributed by atoms with E-state index in [9.17, 15) is 0 Å². The first-order valence-electron chi connectivity index (χ1n) is 3.83. The van der Waals surface area contributed by atoms with Gasteiger partial charge >= 0.3 is 0 Å². The first kappa shape index (κ1) is 8.96. The van der Waals surface area contributed by atoms with Gasteiger partial charge in [0.15, 0.2) is 0 Å². The van der Waals surface area contributed by atoms with Gasteiger partial charge in [0, 0.05) is 30.7 Å². The van der Waals surface area contributed by atoms with Crippen molar-refractivity contribution in [3.8, 4) is 0 Å². The molecule has 0 radical (unpaired) electrons. The number of aliphatic hydroxyl groups is 1. The summed E-state index contributed by atoms with van der Waals surface area (Å²) < 4.78 is 0. The molecule has 0 aliphatic carbocycles. The smallest absolute Gasteiger partial charge is 0.0599 e. The van der Waals surface area contributed by atoms with Crippen molar-refractivity contribution in [2.24, 2.45) is 5.73 Å². The fourth-order valence-corrected chi connectivity index (χ4v) is 0.783. The number of rotatable bonds is 4. The zero-order valence-corrected chi connectivity index (χ0v) is 6.77. The maximum Gasteiger partial charge on any atom is 0.0599 e. The monoisotopic (exact) mass is 167 g/mol. The van der Waals surface area contributed by atoms with Crippen LogP contribution in [0, 0.1) is 0 Å². The summed E-state index contributed by atoms with van der Waals surface area (Å²) in [5, 5.41) is 11.7. The van der Waals surface area contributed by atoms with Gasteiger partial charge in [-0.15, -0.1) is 0 Å². The molecule has 66 valence electrons. The topological polar surface area (TPSA) is 71.2 Å². The van der Waals surface area contributed by atoms with E-state index in [4.69, 9.17) is 10.8 Å². The Kier molecular flexibility index (Phi) is 3.50. The van der Waals surface area contributed by atoms with Crippen molar-refractivity contribution < 1.29 is 5.11 Å². The summed E-state index contributed by atoms with van der Waals surface area (Å²) in [6.45, 7) is 0.568. The van der Waals surface area contributed by atoms with Crippen molar-refractivity contribution >= 4 is 5.69 Å². The minimum absolute atomic E-state index is 0.00190. The van der Waals surface area contributed by atoms with Crippen LogP contribution in [0.4, 0.5) is 5.69 Å². The van der Waals surface area contributed by atoms with E-state index in [0.29, 0.717) is 6.54 Å². The third-order valence-electron chi connectivity index (χ3n) is 1.48. The highest BCUT2D eigenvalue weighted by atomic mass is 16.3. The molecule has 1 atom stereocenters. The molecule has 12 heavy (non-hydrogen) atoms. The lowest BCUT2D eigenvalue weighted by Gasteiger charge is -2.09. The number of hydrogen-bond acceptors (Lipinski definition) is 4. The summed E-state index contributed by atoms with van der Waals surface area (Å²) in [6.07, 6.45) is 3.40. The molecule has 0 aromatic carbocycles. The van der Waals surface area contributed by atoms with Gasteiger partial charge in [-0.25, -0.2) is 0 Å². The molecular weight excluding hydrogens is 154 g/mol. The van der Waals surface area contributed by atoms with Crippen LogP contribution in [-0.4, -0.2) is 29.3 Å². The molecule has 1 rings (SSSR count). The van der Waals surface area contributed by atoms with Gasteiger partial charge in [0.25, 0.3) is 0 Å². The van der Waals surface area contributed by atoms with E-state index in [0.717, 1.165) is 5.69 Å². The number of nitrogens with one attached hydrogen (secondary N) is 1. The summed E-state index contributed by atoms with van der Waals surface area (Å²) in [4.78, 5) is 3.87. The lowest BCUT2D eigenvalue weighted by molar-refractivity contribution is 0.270. The number of hydrogen-bond donors (Lipinski definition) is 3. The van der Waals surface area contributed by atoms with E-state index < -0.39 is 0 Å². The summed E-state index contributed by atoms with van der Waals surface area (Å²) >= 11 is 0. The quantitative estimate of drug-likeness (QED) is 0.581. The van der Waals surface area contributed by atoms with E-state index in [1.165, 1.54) is 0 Å². The Morgan fingerprint density at radius 3 is 2.75 bits per heavy atom. The predicted molar refractivity (Wildman–Crippen MR) is 47.8 cm³/mol. The molecule has 4 nitrogen and oxygen atoms in total. The van der Waals surface area contributed by atoms with E-state index >= 15 is 0 Å². The highest BCUT2D eigenvalue weighted by Gasteiger charge is 1.98. The number of aromatic nitrogens is 1. The first-order valence-corrected chi connectivity index (χ1v) is 3.83. The van der Waals surface area contributed by atoms with Gasteiger partial charge in [-0.3, -0.25) is 4.98 Å². The lowest BCUT2D eigenvalue weighted by atomic mass is 10.3. The lowest BCUT2D eigenvalue weighted by Crippen LogP contribution is -2.32. The largest absolute Gasteiger partial charge is 0.395 e. The van der Waals surface area contributed by atoms with Crippen LogP contribution >= 0.6 is 0 Å². The molecule has 0 spiro atoms. The second kappa shape index (κ2) is 4.69. The molecule has 4 heteroatoms. The zero-order valence-electron chi connectivity index (χ0n) is 6.77. The minimum Gasteiger partial charge on any atom is -0.395 e. The molecule has 1 heterocycles. The summed E-state index contributed by atoms with van der Waals surface area (Å²) in [5.41, 5.74) is 6.46. The minimum atomic E-state index is -0.210. The highest BCUT2D eigenvalue weighted by Crippen LogP contribution is 2.01. The predicted octanol–water partition coefficient (Wildman–Crippen LogP) is -0.187. The van der Waals surface area contributed by atoms with E-state index in [1.807, 2.05) is 12.1 Å². The Morgan fingerprint density at radius 1 is 1.50 bits per heavy atom. The van der Waals surface area contributed by atoms with E-state index in [1.54, 1.807) is 12.4 Å². The number of anilines is 1. The standard InChI is InChI=1S/C8H13N3O/c9-7(6-12)5-11-8-1-3-10-4-2-8/h1-4,7,12H,5-6,9H2,(H,10,11). The van der Waals surface area contributed by atoms with Crippen LogP contribution in [0.25, 0.3) is 0 Å². The van der Waals surface area contributed by atoms with Crippen molar-refractivity contribution in [3.05, 3.63) is 24.5 Å². The normalized spacial score (nSPS) is 12.5. The number of nitrogens with zero attached hydrogens (tertiary/aromatic N) is 1. The third-order valence-corrected chi connectivity index (χ3v) is 1.48. The molecule has 1 aromatic rings. The van der Waals surface area contributed by atoms with Crippen molar-refractivity contribution in [1.29, 1.82) is 0 Å².